The van der Waals surface area contributed by atoms with E-state index in [1.807, 2.05) is 32.2 Å². The summed E-state index contributed by atoms with van der Waals surface area (Å²) in [5, 5.41) is 12.3. The van der Waals surface area contributed by atoms with Crippen LogP contribution in [0.1, 0.15) is 26.7 Å². The maximum absolute atomic E-state index is 11.3. The van der Waals surface area contributed by atoms with Crippen LogP contribution in [0.5, 0.6) is 0 Å². The molecular formula is C15H24N2O2. The van der Waals surface area contributed by atoms with E-state index in [0.717, 1.165) is 18.7 Å². The molecule has 0 heterocycles. The van der Waals surface area contributed by atoms with Crippen LogP contribution in [-0.2, 0) is 4.79 Å². The summed E-state index contributed by atoms with van der Waals surface area (Å²) in [6, 6.07) is 10.1. The number of aliphatic carboxylic acids is 1. The first-order valence-corrected chi connectivity index (χ1v) is 6.74. The molecule has 0 saturated heterocycles. The summed E-state index contributed by atoms with van der Waals surface area (Å²) >= 11 is 0. The number of carbonyl (C=O) groups is 1. The second-order valence-electron chi connectivity index (χ2n) is 5.03. The Morgan fingerprint density at radius 3 is 2.53 bits per heavy atom. The van der Waals surface area contributed by atoms with Crippen LogP contribution in [0, 0.1) is 0 Å². The average molecular weight is 264 g/mol. The number of carboxylic acid groups (broad SMARTS) is 1. The monoisotopic (exact) mass is 264 g/mol. The molecule has 4 nitrogen and oxygen atoms in total. The van der Waals surface area contributed by atoms with Crippen molar-refractivity contribution in [3.05, 3.63) is 30.3 Å². The van der Waals surface area contributed by atoms with Gasteiger partial charge in [-0.15, -0.1) is 0 Å². The summed E-state index contributed by atoms with van der Waals surface area (Å²) in [5.74, 6) is -0.781. The molecule has 0 radical (unpaired) electrons. The summed E-state index contributed by atoms with van der Waals surface area (Å²) in [6.45, 7) is 5.19. The van der Waals surface area contributed by atoms with Crippen molar-refractivity contribution in [3.8, 4) is 0 Å². The minimum Gasteiger partial charge on any atom is -0.480 e. The second kappa shape index (κ2) is 7.14. The van der Waals surface area contributed by atoms with E-state index < -0.39 is 11.5 Å². The van der Waals surface area contributed by atoms with Crippen molar-refractivity contribution in [3.63, 3.8) is 0 Å². The van der Waals surface area contributed by atoms with Gasteiger partial charge in [-0.2, -0.15) is 0 Å². The molecule has 0 saturated carbocycles. The van der Waals surface area contributed by atoms with Crippen LogP contribution in [0.4, 0.5) is 5.69 Å². The molecular weight excluding hydrogens is 240 g/mol. The van der Waals surface area contributed by atoms with Crippen LogP contribution < -0.4 is 10.2 Å². The fraction of sp³-hybridized carbons (Fsp3) is 0.533. The Hall–Kier alpha value is -1.55. The van der Waals surface area contributed by atoms with Gasteiger partial charge >= 0.3 is 5.97 Å². The third-order valence-corrected chi connectivity index (χ3v) is 3.41. The summed E-state index contributed by atoms with van der Waals surface area (Å²) < 4.78 is 0. The van der Waals surface area contributed by atoms with Gasteiger partial charge in [0, 0.05) is 19.3 Å². The number of likely N-dealkylation sites (N-methyl/N-ethyl adjacent to an activating group) is 1. The van der Waals surface area contributed by atoms with Gasteiger partial charge in [-0.1, -0.05) is 25.1 Å². The fourth-order valence-electron chi connectivity index (χ4n) is 2.14. The molecule has 0 aliphatic carbocycles. The summed E-state index contributed by atoms with van der Waals surface area (Å²) in [5.41, 5.74) is 0.328. The Morgan fingerprint density at radius 2 is 2.00 bits per heavy atom. The van der Waals surface area contributed by atoms with E-state index in [-0.39, 0.29) is 0 Å². The van der Waals surface area contributed by atoms with E-state index in [4.69, 9.17) is 0 Å². The summed E-state index contributed by atoms with van der Waals surface area (Å²) in [6.07, 6.45) is 1.45. The maximum Gasteiger partial charge on any atom is 0.323 e. The molecule has 0 aliphatic rings. The Kier molecular flexibility index (Phi) is 5.83. The number of hydrogen-bond acceptors (Lipinski definition) is 3. The third kappa shape index (κ3) is 4.56. The van der Waals surface area contributed by atoms with Gasteiger partial charge in [0.15, 0.2) is 0 Å². The highest BCUT2D eigenvalue weighted by molar-refractivity contribution is 5.78. The van der Waals surface area contributed by atoms with Crippen LogP contribution >= 0.6 is 0 Å². The van der Waals surface area contributed by atoms with Crippen LogP contribution in [0.2, 0.25) is 0 Å². The molecule has 0 amide bonds. The number of hydrogen-bond donors (Lipinski definition) is 2. The number of rotatable bonds is 8. The van der Waals surface area contributed by atoms with E-state index in [1.165, 1.54) is 0 Å². The highest BCUT2D eigenvalue weighted by Gasteiger charge is 2.31. The first-order chi connectivity index (χ1) is 8.99. The molecule has 0 spiro atoms. The summed E-state index contributed by atoms with van der Waals surface area (Å²) in [7, 11) is 2.03. The van der Waals surface area contributed by atoms with Gasteiger partial charge in [0.1, 0.15) is 5.54 Å². The first kappa shape index (κ1) is 15.5. The predicted octanol–water partition coefficient (Wildman–Crippen LogP) is 2.36. The lowest BCUT2D eigenvalue weighted by Crippen LogP contribution is -2.49. The smallest absolute Gasteiger partial charge is 0.323 e. The Bertz CT molecular complexity index is 394. The Balaban J connectivity index is 2.47. The van der Waals surface area contributed by atoms with Gasteiger partial charge in [-0.05, 0) is 38.4 Å². The lowest BCUT2D eigenvalue weighted by Gasteiger charge is -2.27. The molecule has 1 aromatic rings. The highest BCUT2D eigenvalue weighted by Crippen LogP contribution is 2.16. The van der Waals surface area contributed by atoms with Crippen LogP contribution in [-0.4, -0.2) is 36.8 Å². The highest BCUT2D eigenvalue weighted by atomic mass is 16.4. The minimum atomic E-state index is -0.827. The standard InChI is InChI=1S/C15H24N2O2/c1-4-16-15(2,14(18)19)11-8-12-17(3)13-9-6-5-7-10-13/h5-7,9-10,16H,4,8,11-12H2,1-3H3,(H,18,19). The zero-order valence-corrected chi connectivity index (χ0v) is 12.0. The van der Waals surface area contributed by atoms with E-state index in [9.17, 15) is 9.90 Å². The van der Waals surface area contributed by atoms with Crippen molar-refractivity contribution in [2.45, 2.75) is 32.2 Å². The zero-order valence-electron chi connectivity index (χ0n) is 12.0. The van der Waals surface area contributed by atoms with E-state index in [2.05, 4.69) is 22.3 Å². The van der Waals surface area contributed by atoms with Crippen molar-refractivity contribution in [1.29, 1.82) is 0 Å². The predicted molar refractivity (Wildman–Crippen MR) is 78.7 cm³/mol. The fourth-order valence-corrected chi connectivity index (χ4v) is 2.14. The molecule has 1 atom stereocenters. The molecule has 2 N–H and O–H groups in total. The lowest BCUT2D eigenvalue weighted by molar-refractivity contribution is -0.144. The van der Waals surface area contributed by atoms with Gasteiger partial charge in [-0.25, -0.2) is 0 Å². The van der Waals surface area contributed by atoms with Gasteiger partial charge in [0.05, 0.1) is 0 Å². The number of nitrogens with zero attached hydrogens (tertiary/aromatic N) is 1. The van der Waals surface area contributed by atoms with Gasteiger partial charge in [0.2, 0.25) is 0 Å². The van der Waals surface area contributed by atoms with Crippen molar-refractivity contribution in [1.82, 2.24) is 5.32 Å². The zero-order chi connectivity index (χ0) is 14.3. The molecule has 0 aliphatic heterocycles. The van der Waals surface area contributed by atoms with Crippen LogP contribution in [0.3, 0.4) is 0 Å². The van der Waals surface area contributed by atoms with Gasteiger partial charge in [-0.3, -0.25) is 4.79 Å². The van der Waals surface area contributed by atoms with Crippen LogP contribution in [0.25, 0.3) is 0 Å². The molecule has 1 aromatic carbocycles. The van der Waals surface area contributed by atoms with Crippen molar-refractivity contribution >= 4 is 11.7 Å². The maximum atomic E-state index is 11.3. The quantitative estimate of drug-likeness (QED) is 0.757. The average Bonchev–Trinajstić information content (AvgIpc) is 2.39. The second-order valence-corrected chi connectivity index (χ2v) is 5.03. The molecule has 106 valence electrons. The van der Waals surface area contributed by atoms with Gasteiger partial charge in [0.25, 0.3) is 0 Å². The van der Waals surface area contributed by atoms with E-state index in [1.54, 1.807) is 6.92 Å². The Morgan fingerprint density at radius 1 is 1.37 bits per heavy atom. The normalized spacial score (nSPS) is 13.8. The molecule has 4 heteroatoms. The molecule has 19 heavy (non-hydrogen) atoms. The van der Waals surface area contributed by atoms with Crippen molar-refractivity contribution in [2.24, 2.45) is 0 Å². The number of carboxylic acids is 1. The summed E-state index contributed by atoms with van der Waals surface area (Å²) in [4.78, 5) is 13.4. The molecule has 1 rings (SSSR count). The van der Waals surface area contributed by atoms with Crippen molar-refractivity contribution < 1.29 is 9.90 Å². The third-order valence-electron chi connectivity index (χ3n) is 3.41. The first-order valence-electron chi connectivity index (χ1n) is 6.74. The SMILES string of the molecule is CCNC(C)(CCCN(C)c1ccccc1)C(=O)O. The molecule has 0 bridgehead atoms. The van der Waals surface area contributed by atoms with Gasteiger partial charge < -0.3 is 15.3 Å². The largest absolute Gasteiger partial charge is 0.480 e. The van der Waals surface area contributed by atoms with E-state index >= 15 is 0 Å². The number of nitrogens with one attached hydrogen (secondary N) is 1. The lowest BCUT2D eigenvalue weighted by atomic mass is 9.95. The Labute approximate surface area is 115 Å². The molecule has 0 fully saturated rings. The molecule has 1 unspecified atom stereocenters. The topological polar surface area (TPSA) is 52.6 Å². The van der Waals surface area contributed by atoms with Crippen LogP contribution in [0.15, 0.2) is 30.3 Å². The molecule has 0 aromatic heterocycles. The minimum absolute atomic E-state index is 0.618. The van der Waals surface area contributed by atoms with Crippen molar-refractivity contribution in [2.75, 3.05) is 25.0 Å². The van der Waals surface area contributed by atoms with E-state index in [0.29, 0.717) is 13.0 Å². The number of benzene rings is 1. The number of anilines is 1. The number of para-hydroxylation sites is 1.